The van der Waals surface area contributed by atoms with Gasteiger partial charge in [0.15, 0.2) is 6.73 Å². The lowest BCUT2D eigenvalue weighted by molar-refractivity contribution is 0.0376. The molecule has 1 saturated heterocycles. The summed E-state index contributed by atoms with van der Waals surface area (Å²) in [6.07, 6.45) is 6.67. The van der Waals surface area contributed by atoms with Crippen LogP contribution in [0, 0.1) is 18.3 Å². The number of rotatable bonds is 10. The van der Waals surface area contributed by atoms with Gasteiger partial charge in [0, 0.05) is 47.0 Å². The number of hydrogen-bond acceptors (Lipinski definition) is 9. The molecule has 0 radical (unpaired) electrons. The second-order valence-electron chi connectivity index (χ2n) is 10.7. The van der Waals surface area contributed by atoms with E-state index >= 15 is 0 Å². The van der Waals surface area contributed by atoms with Gasteiger partial charge >= 0.3 is 5.97 Å². The fourth-order valence-corrected chi connectivity index (χ4v) is 6.67. The molecule has 1 fully saturated rings. The van der Waals surface area contributed by atoms with Crippen LogP contribution in [-0.4, -0.2) is 61.9 Å². The van der Waals surface area contributed by atoms with Crippen molar-refractivity contribution in [3.63, 3.8) is 0 Å². The number of carbonyl (C=O) groups is 1. The first kappa shape index (κ1) is 30.3. The lowest BCUT2D eigenvalue weighted by Crippen LogP contribution is -2.64. The van der Waals surface area contributed by atoms with Crippen LogP contribution in [0.1, 0.15) is 29.3 Å². The van der Waals surface area contributed by atoms with E-state index in [1.165, 1.54) is 10.6 Å². The largest absolute Gasteiger partial charge is 0.456 e. The van der Waals surface area contributed by atoms with Gasteiger partial charge in [-0.3, -0.25) is 9.25 Å². The van der Waals surface area contributed by atoms with E-state index in [9.17, 15) is 18.5 Å². The lowest BCUT2D eigenvalue weighted by Gasteiger charge is -2.47. The molecular weight excluding hydrogens is 618 g/mol. The SMILES string of the molecule is CCS(=O)(=O)N1CC(CC#N)(n2cc(-c3ncnc4c3ccn4COC(=O)c3ccccc3Oc3cccc(Cl)c3C)cn2)C1. The van der Waals surface area contributed by atoms with Crippen molar-refractivity contribution in [2.24, 2.45) is 0 Å². The molecule has 12 nitrogen and oxygen atoms in total. The van der Waals surface area contributed by atoms with Gasteiger partial charge in [-0.2, -0.15) is 14.7 Å². The molecule has 230 valence electrons. The Kier molecular flexibility index (Phi) is 8.05. The number of carbonyl (C=O) groups excluding carboxylic acids is 1. The van der Waals surface area contributed by atoms with Crippen LogP contribution in [0.4, 0.5) is 0 Å². The van der Waals surface area contributed by atoms with Crippen molar-refractivity contribution in [1.29, 1.82) is 5.26 Å². The molecule has 0 bridgehead atoms. The van der Waals surface area contributed by atoms with E-state index in [-0.39, 0.29) is 37.6 Å². The maximum Gasteiger partial charge on any atom is 0.343 e. The summed E-state index contributed by atoms with van der Waals surface area (Å²) in [4.78, 5) is 22.0. The highest BCUT2D eigenvalue weighted by Gasteiger charge is 2.49. The number of fused-ring (bicyclic) bond motifs is 1. The number of benzene rings is 2. The van der Waals surface area contributed by atoms with Gasteiger partial charge in [-0.1, -0.05) is 29.8 Å². The number of hydrogen-bond donors (Lipinski definition) is 0. The number of nitrogens with zero attached hydrogens (tertiary/aromatic N) is 7. The van der Waals surface area contributed by atoms with E-state index in [0.717, 1.165) is 5.56 Å². The van der Waals surface area contributed by atoms with Gasteiger partial charge in [0.1, 0.15) is 34.6 Å². The molecule has 4 heterocycles. The molecule has 0 unspecified atom stereocenters. The summed E-state index contributed by atoms with van der Waals surface area (Å²) in [5.74, 6) is 0.285. The maximum absolute atomic E-state index is 13.2. The third-order valence-electron chi connectivity index (χ3n) is 7.89. The average Bonchev–Trinajstić information content (AvgIpc) is 3.68. The van der Waals surface area contributed by atoms with Crippen molar-refractivity contribution in [3.05, 3.63) is 89.6 Å². The number of halogens is 1. The monoisotopic (exact) mass is 645 g/mol. The first-order valence-corrected chi connectivity index (χ1v) is 16.0. The zero-order valence-electron chi connectivity index (χ0n) is 24.4. The Morgan fingerprint density at radius 2 is 1.89 bits per heavy atom. The van der Waals surface area contributed by atoms with Crippen LogP contribution in [0.3, 0.4) is 0 Å². The number of nitriles is 1. The van der Waals surface area contributed by atoms with Crippen LogP contribution in [0.2, 0.25) is 5.02 Å². The summed E-state index contributed by atoms with van der Waals surface area (Å²) >= 11 is 6.23. The van der Waals surface area contributed by atoms with Crippen LogP contribution in [0.25, 0.3) is 22.3 Å². The minimum atomic E-state index is -3.37. The Labute approximate surface area is 264 Å². The van der Waals surface area contributed by atoms with Crippen LogP contribution in [0.5, 0.6) is 11.5 Å². The lowest BCUT2D eigenvalue weighted by atomic mass is 9.89. The van der Waals surface area contributed by atoms with Gasteiger partial charge < -0.3 is 9.47 Å². The van der Waals surface area contributed by atoms with E-state index in [4.69, 9.17) is 21.1 Å². The molecule has 1 aliphatic heterocycles. The number of aromatic nitrogens is 5. The number of para-hydroxylation sites is 1. The van der Waals surface area contributed by atoms with Crippen molar-refractivity contribution >= 4 is 38.6 Å². The summed E-state index contributed by atoms with van der Waals surface area (Å²) < 4.78 is 41.0. The highest BCUT2D eigenvalue weighted by molar-refractivity contribution is 7.89. The van der Waals surface area contributed by atoms with Gasteiger partial charge in [0.05, 0.1) is 30.1 Å². The third kappa shape index (κ3) is 5.64. The first-order valence-electron chi connectivity index (χ1n) is 14.0. The third-order valence-corrected chi connectivity index (χ3v) is 10.1. The highest BCUT2D eigenvalue weighted by Crippen LogP contribution is 2.36. The molecule has 3 aromatic heterocycles. The van der Waals surface area contributed by atoms with Gasteiger partial charge in [-0.25, -0.2) is 23.2 Å². The molecule has 0 atom stereocenters. The fourth-order valence-electron chi connectivity index (χ4n) is 5.26. The first-order chi connectivity index (χ1) is 21.7. The predicted octanol–water partition coefficient (Wildman–Crippen LogP) is 5.14. The Morgan fingerprint density at radius 1 is 1.11 bits per heavy atom. The minimum Gasteiger partial charge on any atom is -0.456 e. The fraction of sp³-hybridized carbons (Fsp3) is 0.258. The predicted molar refractivity (Wildman–Crippen MR) is 166 cm³/mol. The molecule has 0 spiro atoms. The van der Waals surface area contributed by atoms with Crippen LogP contribution < -0.4 is 4.74 Å². The zero-order chi connectivity index (χ0) is 31.8. The zero-order valence-corrected chi connectivity index (χ0v) is 26.0. The van der Waals surface area contributed by atoms with E-state index in [1.807, 2.05) is 13.0 Å². The molecule has 0 aliphatic carbocycles. The van der Waals surface area contributed by atoms with Crippen molar-refractivity contribution < 1.29 is 22.7 Å². The number of sulfonamides is 1. The second-order valence-corrected chi connectivity index (χ2v) is 13.3. The molecule has 6 rings (SSSR count). The molecule has 45 heavy (non-hydrogen) atoms. The molecule has 0 amide bonds. The highest BCUT2D eigenvalue weighted by atomic mass is 35.5. The van der Waals surface area contributed by atoms with Gasteiger partial charge in [-0.05, 0) is 44.2 Å². The quantitative estimate of drug-likeness (QED) is 0.189. The normalized spacial score (nSPS) is 14.5. The summed E-state index contributed by atoms with van der Waals surface area (Å²) in [7, 11) is -3.37. The molecule has 0 N–H and O–H groups in total. The molecule has 1 aliphatic rings. The van der Waals surface area contributed by atoms with E-state index in [0.29, 0.717) is 38.8 Å². The smallest absolute Gasteiger partial charge is 0.343 e. The van der Waals surface area contributed by atoms with E-state index in [1.54, 1.807) is 77.2 Å². The van der Waals surface area contributed by atoms with Crippen molar-refractivity contribution in [3.8, 4) is 28.8 Å². The molecule has 2 aromatic carbocycles. The Balaban J connectivity index is 1.20. The summed E-state index contributed by atoms with van der Waals surface area (Å²) in [6.45, 7) is 3.66. The van der Waals surface area contributed by atoms with E-state index in [2.05, 4.69) is 21.1 Å². The van der Waals surface area contributed by atoms with Gasteiger partial charge in [0.2, 0.25) is 10.0 Å². The van der Waals surface area contributed by atoms with Gasteiger partial charge in [-0.15, -0.1) is 0 Å². The van der Waals surface area contributed by atoms with Gasteiger partial charge in [0.25, 0.3) is 0 Å². The molecule has 14 heteroatoms. The minimum absolute atomic E-state index is 0.00575. The second kappa shape index (κ2) is 12.0. The molecule has 0 saturated carbocycles. The van der Waals surface area contributed by atoms with Crippen LogP contribution in [0.15, 0.2) is 73.4 Å². The van der Waals surface area contributed by atoms with Crippen molar-refractivity contribution in [2.75, 3.05) is 18.8 Å². The summed E-state index contributed by atoms with van der Waals surface area (Å²) in [5, 5.41) is 15.2. The summed E-state index contributed by atoms with van der Waals surface area (Å²) in [5.41, 5.74) is 2.05. The molecular formula is C31H28ClN7O5S. The van der Waals surface area contributed by atoms with Crippen LogP contribution in [-0.2, 0) is 27.0 Å². The van der Waals surface area contributed by atoms with E-state index < -0.39 is 21.5 Å². The number of ether oxygens (including phenoxy) is 2. The Bertz CT molecular complexity index is 2060. The summed E-state index contributed by atoms with van der Waals surface area (Å²) in [6, 6.07) is 16.1. The number of esters is 1. The van der Waals surface area contributed by atoms with Crippen LogP contribution >= 0.6 is 11.6 Å². The average molecular weight is 646 g/mol. The topological polar surface area (TPSA) is 145 Å². The Hall–Kier alpha value is -4.77. The van der Waals surface area contributed by atoms with Crippen molar-refractivity contribution in [1.82, 2.24) is 28.6 Å². The maximum atomic E-state index is 13.2. The Morgan fingerprint density at radius 3 is 2.67 bits per heavy atom. The standard InChI is InChI=1S/C31H28ClN7O5S/c1-3-45(41,42)38-17-31(18-38,12-13-33)39-16-22(15-36-39)28-24-11-14-37(29(24)35-19-34-28)20-43-30(40)23-7-4-5-9-27(23)44-26-10-6-8-25(32)21(26)2/h4-11,14-16,19H,3,12,17-18,20H2,1-2H3. The van der Waals surface area contributed by atoms with Crippen molar-refractivity contribution in [2.45, 2.75) is 32.5 Å². The molecule has 5 aromatic rings.